The molecule has 6 nitrogen and oxygen atoms in total. The van der Waals surface area contributed by atoms with Gasteiger partial charge >= 0.3 is 12.2 Å². The number of nitrogens with zero attached hydrogens (tertiary/aromatic N) is 1. The van der Waals surface area contributed by atoms with Crippen molar-refractivity contribution in [2.45, 2.75) is 19.4 Å². The van der Waals surface area contributed by atoms with Crippen molar-refractivity contribution in [2.75, 3.05) is 24.6 Å². The zero-order chi connectivity index (χ0) is 14.4. The number of ether oxygens (including phenoxy) is 2. The zero-order valence-corrected chi connectivity index (χ0v) is 11.4. The number of nitrogens with one attached hydrogen (secondary N) is 1. The lowest BCUT2D eigenvalue weighted by atomic mass is 10.2. The number of carbonyl (C=O) groups excluding carboxylic acids is 2. The van der Waals surface area contributed by atoms with Gasteiger partial charge in [-0.2, -0.15) is 0 Å². The van der Waals surface area contributed by atoms with Crippen LogP contribution >= 0.6 is 0 Å². The van der Waals surface area contributed by atoms with Gasteiger partial charge in [0, 0.05) is 18.7 Å². The highest BCUT2D eigenvalue weighted by molar-refractivity contribution is 5.89. The number of para-hydroxylation sites is 1. The standard InChI is InChI=1S/C14H18N2O4/c1-2-19-13(17)15-9-8-12-10-16(14(18)20-12)11-6-4-3-5-7-11/h3-7,12H,2,8-10H2,1H3,(H,15,17). The van der Waals surface area contributed by atoms with Gasteiger partial charge in [-0.25, -0.2) is 9.59 Å². The second-order valence-corrected chi connectivity index (χ2v) is 4.39. The minimum atomic E-state index is -0.447. The Bertz CT molecular complexity index is 464. The maximum absolute atomic E-state index is 11.8. The lowest BCUT2D eigenvalue weighted by Gasteiger charge is -2.12. The summed E-state index contributed by atoms with van der Waals surface area (Å²) in [6.45, 7) is 2.99. The van der Waals surface area contributed by atoms with Gasteiger partial charge in [0.25, 0.3) is 0 Å². The van der Waals surface area contributed by atoms with Crippen molar-refractivity contribution in [3.63, 3.8) is 0 Å². The van der Waals surface area contributed by atoms with Crippen molar-refractivity contribution in [3.8, 4) is 0 Å². The topological polar surface area (TPSA) is 67.9 Å². The normalized spacial score (nSPS) is 17.8. The molecule has 1 aromatic rings. The molecule has 0 radical (unpaired) electrons. The highest BCUT2D eigenvalue weighted by Crippen LogP contribution is 2.22. The van der Waals surface area contributed by atoms with Crippen LogP contribution in [0.5, 0.6) is 0 Å². The number of hydrogen-bond acceptors (Lipinski definition) is 4. The number of hydrogen-bond donors (Lipinski definition) is 1. The first-order chi connectivity index (χ1) is 9.70. The van der Waals surface area contributed by atoms with E-state index in [1.165, 1.54) is 0 Å². The monoisotopic (exact) mass is 278 g/mol. The molecule has 6 heteroatoms. The first-order valence-corrected chi connectivity index (χ1v) is 6.64. The third kappa shape index (κ3) is 3.63. The maximum atomic E-state index is 11.8. The van der Waals surface area contributed by atoms with Crippen molar-refractivity contribution in [2.24, 2.45) is 0 Å². The van der Waals surface area contributed by atoms with E-state index in [2.05, 4.69) is 5.32 Å². The fourth-order valence-corrected chi connectivity index (χ4v) is 2.01. The summed E-state index contributed by atoms with van der Waals surface area (Å²) in [6, 6.07) is 9.36. The first kappa shape index (κ1) is 14.2. The number of carbonyl (C=O) groups is 2. The molecule has 1 aliphatic heterocycles. The van der Waals surface area contributed by atoms with E-state index in [1.54, 1.807) is 11.8 Å². The van der Waals surface area contributed by atoms with Crippen LogP contribution < -0.4 is 10.2 Å². The van der Waals surface area contributed by atoms with E-state index in [1.807, 2.05) is 30.3 Å². The van der Waals surface area contributed by atoms with E-state index in [0.29, 0.717) is 26.1 Å². The molecule has 20 heavy (non-hydrogen) atoms. The van der Waals surface area contributed by atoms with Crippen LogP contribution in [0.3, 0.4) is 0 Å². The number of alkyl carbamates (subject to hydrolysis) is 1. The Kier molecular flexibility index (Phi) is 4.81. The molecule has 1 unspecified atom stereocenters. The molecule has 1 aromatic carbocycles. The summed E-state index contributed by atoms with van der Waals surface area (Å²) in [5.74, 6) is 0. The van der Waals surface area contributed by atoms with Crippen LogP contribution in [0.25, 0.3) is 0 Å². The van der Waals surface area contributed by atoms with Gasteiger partial charge in [-0.1, -0.05) is 18.2 Å². The molecule has 0 aliphatic carbocycles. The number of cyclic esters (lactones) is 1. The summed E-state index contributed by atoms with van der Waals surface area (Å²) in [5.41, 5.74) is 0.818. The van der Waals surface area contributed by atoms with Crippen LogP contribution in [-0.2, 0) is 9.47 Å². The van der Waals surface area contributed by atoms with Crippen molar-refractivity contribution in [3.05, 3.63) is 30.3 Å². The molecule has 0 spiro atoms. The molecule has 1 saturated heterocycles. The van der Waals surface area contributed by atoms with Crippen molar-refractivity contribution in [1.29, 1.82) is 0 Å². The molecule has 1 atom stereocenters. The fourth-order valence-electron chi connectivity index (χ4n) is 2.01. The Balaban J connectivity index is 1.79. The SMILES string of the molecule is CCOC(=O)NCCC1CN(c2ccccc2)C(=O)O1. The minimum absolute atomic E-state index is 0.218. The van der Waals surface area contributed by atoms with Gasteiger partial charge in [-0.3, -0.25) is 4.90 Å². The fraction of sp³-hybridized carbons (Fsp3) is 0.429. The molecule has 2 rings (SSSR count). The number of amides is 2. The highest BCUT2D eigenvalue weighted by Gasteiger charge is 2.31. The lowest BCUT2D eigenvalue weighted by molar-refractivity contribution is 0.132. The Morgan fingerprint density at radius 3 is 2.90 bits per heavy atom. The number of anilines is 1. The van der Waals surface area contributed by atoms with Crippen LogP contribution in [0.4, 0.5) is 15.3 Å². The van der Waals surface area contributed by atoms with Crippen LogP contribution in [0.2, 0.25) is 0 Å². The van der Waals surface area contributed by atoms with Crippen LogP contribution in [0.1, 0.15) is 13.3 Å². The molecule has 1 heterocycles. The molecule has 1 fully saturated rings. The molecule has 0 bridgehead atoms. The van der Waals surface area contributed by atoms with Gasteiger partial charge in [0.05, 0.1) is 13.2 Å². The Labute approximate surface area is 117 Å². The Hall–Kier alpha value is -2.24. The Morgan fingerprint density at radius 1 is 1.45 bits per heavy atom. The van der Waals surface area contributed by atoms with Gasteiger partial charge < -0.3 is 14.8 Å². The molecular formula is C14H18N2O4. The molecule has 2 amide bonds. The highest BCUT2D eigenvalue weighted by atomic mass is 16.6. The van der Waals surface area contributed by atoms with Crippen LogP contribution in [0.15, 0.2) is 30.3 Å². The molecule has 108 valence electrons. The largest absolute Gasteiger partial charge is 0.450 e. The number of rotatable bonds is 5. The first-order valence-electron chi connectivity index (χ1n) is 6.64. The summed E-state index contributed by atoms with van der Waals surface area (Å²) in [6.07, 6.45) is -0.452. The van der Waals surface area contributed by atoms with E-state index < -0.39 is 6.09 Å². The minimum Gasteiger partial charge on any atom is -0.450 e. The van der Waals surface area contributed by atoms with Crippen LogP contribution in [0, 0.1) is 0 Å². The molecule has 1 aliphatic rings. The molecule has 0 aromatic heterocycles. The molecule has 0 saturated carbocycles. The van der Waals surface area contributed by atoms with E-state index >= 15 is 0 Å². The van der Waals surface area contributed by atoms with Gasteiger partial charge in [0.15, 0.2) is 0 Å². The van der Waals surface area contributed by atoms with E-state index in [0.717, 1.165) is 5.69 Å². The average Bonchev–Trinajstić information content (AvgIpc) is 2.81. The summed E-state index contributed by atoms with van der Waals surface area (Å²) in [7, 11) is 0. The second-order valence-electron chi connectivity index (χ2n) is 4.39. The number of benzene rings is 1. The summed E-state index contributed by atoms with van der Waals surface area (Å²) < 4.78 is 10.0. The average molecular weight is 278 g/mol. The van der Waals surface area contributed by atoms with E-state index in [-0.39, 0.29) is 12.2 Å². The van der Waals surface area contributed by atoms with Gasteiger partial charge in [0.1, 0.15) is 6.10 Å². The predicted octanol–water partition coefficient (Wildman–Crippen LogP) is 2.15. The molecule has 1 N–H and O–H groups in total. The van der Waals surface area contributed by atoms with Crippen molar-refractivity contribution in [1.82, 2.24) is 5.32 Å². The Morgan fingerprint density at radius 2 is 2.20 bits per heavy atom. The summed E-state index contributed by atoms with van der Waals surface area (Å²) >= 11 is 0. The lowest BCUT2D eigenvalue weighted by Crippen LogP contribution is -2.29. The van der Waals surface area contributed by atoms with Gasteiger partial charge in [-0.15, -0.1) is 0 Å². The molecular weight excluding hydrogens is 260 g/mol. The van der Waals surface area contributed by atoms with Gasteiger partial charge in [-0.05, 0) is 19.1 Å². The summed E-state index contributed by atoms with van der Waals surface area (Å²) in [5, 5.41) is 2.61. The van der Waals surface area contributed by atoms with Crippen LogP contribution in [-0.4, -0.2) is 38.0 Å². The van der Waals surface area contributed by atoms with Gasteiger partial charge in [0.2, 0.25) is 0 Å². The van der Waals surface area contributed by atoms with E-state index in [4.69, 9.17) is 9.47 Å². The summed E-state index contributed by atoms with van der Waals surface area (Å²) in [4.78, 5) is 24.5. The predicted molar refractivity (Wildman–Crippen MR) is 73.7 cm³/mol. The third-order valence-electron chi connectivity index (χ3n) is 2.95. The smallest absolute Gasteiger partial charge is 0.414 e. The van der Waals surface area contributed by atoms with Crippen molar-refractivity contribution >= 4 is 17.9 Å². The second kappa shape index (κ2) is 6.79. The third-order valence-corrected chi connectivity index (χ3v) is 2.95. The van der Waals surface area contributed by atoms with Crippen molar-refractivity contribution < 1.29 is 19.1 Å². The van der Waals surface area contributed by atoms with E-state index in [9.17, 15) is 9.59 Å². The quantitative estimate of drug-likeness (QED) is 0.896. The zero-order valence-electron chi connectivity index (χ0n) is 11.4. The maximum Gasteiger partial charge on any atom is 0.414 e.